The van der Waals surface area contributed by atoms with Crippen LogP contribution in [0.2, 0.25) is 0 Å². The van der Waals surface area contributed by atoms with E-state index in [0.717, 1.165) is 22.2 Å². The average molecular weight is 482 g/mol. The molecule has 2 aromatic heterocycles. The molecule has 0 spiro atoms. The number of hydrogen-bond donors (Lipinski definition) is 4. The first-order chi connectivity index (χ1) is 16.9. The molecule has 0 bridgehead atoms. The number of aromatic nitrogens is 3. The maximum absolute atomic E-state index is 13.2. The molecule has 4 rings (SSSR count). The zero-order valence-electron chi connectivity index (χ0n) is 20.2. The molecule has 1 fully saturated rings. The van der Waals surface area contributed by atoms with Gasteiger partial charge in [-0.05, 0) is 37.6 Å². The lowest BCUT2D eigenvalue weighted by molar-refractivity contribution is -0.119. The summed E-state index contributed by atoms with van der Waals surface area (Å²) in [7, 11) is 1.57. The number of hydrogen-bond acceptors (Lipinski definition) is 8. The third-order valence-electron chi connectivity index (χ3n) is 5.87. The van der Waals surface area contributed by atoms with Crippen LogP contribution in [0.25, 0.3) is 10.9 Å². The maximum Gasteiger partial charge on any atom is 0.274 e. The summed E-state index contributed by atoms with van der Waals surface area (Å²) in [5, 5.41) is 9.73. The Morgan fingerprint density at radius 1 is 1.17 bits per heavy atom. The minimum absolute atomic E-state index is 0.00707. The van der Waals surface area contributed by atoms with E-state index in [1.54, 1.807) is 13.2 Å². The number of ether oxygens (including phenoxy) is 2. The highest BCUT2D eigenvalue weighted by Gasteiger charge is 2.19. The van der Waals surface area contributed by atoms with E-state index in [2.05, 4.69) is 30.9 Å². The Labute approximate surface area is 203 Å². The molecule has 4 N–H and O–H groups in total. The van der Waals surface area contributed by atoms with Gasteiger partial charge in [-0.1, -0.05) is 0 Å². The van der Waals surface area contributed by atoms with E-state index in [0.29, 0.717) is 56.9 Å². The molecule has 3 aromatic rings. The van der Waals surface area contributed by atoms with Crippen molar-refractivity contribution in [2.24, 2.45) is 0 Å². The highest BCUT2D eigenvalue weighted by molar-refractivity contribution is 6.04. The van der Waals surface area contributed by atoms with Crippen molar-refractivity contribution in [1.29, 1.82) is 0 Å². The van der Waals surface area contributed by atoms with E-state index < -0.39 is 0 Å². The first-order valence-electron chi connectivity index (χ1n) is 11.6. The van der Waals surface area contributed by atoms with Crippen LogP contribution in [-0.4, -0.2) is 79.9 Å². The van der Waals surface area contributed by atoms with Crippen LogP contribution < -0.4 is 20.9 Å². The molecule has 0 radical (unpaired) electrons. The third kappa shape index (κ3) is 6.06. The molecule has 2 amide bonds. The van der Waals surface area contributed by atoms with Gasteiger partial charge in [0, 0.05) is 55.1 Å². The van der Waals surface area contributed by atoms with Gasteiger partial charge in [0.2, 0.25) is 11.9 Å². The molecule has 1 aliphatic heterocycles. The predicted octanol–water partition coefficient (Wildman–Crippen LogP) is 1.84. The van der Waals surface area contributed by atoms with Gasteiger partial charge in [0.1, 0.15) is 11.5 Å². The number of aromatic amines is 1. The number of nitrogens with one attached hydrogen (secondary N) is 4. The average Bonchev–Trinajstić information content (AvgIpc) is 3.16. The van der Waals surface area contributed by atoms with Gasteiger partial charge in [-0.25, -0.2) is 4.98 Å². The number of methoxy groups -OCH3 is 1. The van der Waals surface area contributed by atoms with E-state index in [-0.39, 0.29) is 24.1 Å². The van der Waals surface area contributed by atoms with Crippen molar-refractivity contribution in [1.82, 2.24) is 20.3 Å². The maximum atomic E-state index is 13.2. The molecule has 0 saturated carbocycles. The number of aryl methyl sites for hydroxylation is 2. The van der Waals surface area contributed by atoms with Gasteiger partial charge in [0.15, 0.2) is 0 Å². The van der Waals surface area contributed by atoms with Crippen LogP contribution in [0.3, 0.4) is 0 Å². The molecule has 186 valence electrons. The molecule has 0 atom stereocenters. The molecule has 0 unspecified atom stereocenters. The molecule has 0 aliphatic carbocycles. The number of nitrogens with zero attached hydrogens (tertiary/aromatic N) is 3. The highest BCUT2D eigenvalue weighted by Crippen LogP contribution is 2.25. The van der Waals surface area contributed by atoms with E-state index in [1.165, 1.54) is 0 Å². The summed E-state index contributed by atoms with van der Waals surface area (Å²) in [6.07, 6.45) is 0. The number of morpholine rings is 1. The summed E-state index contributed by atoms with van der Waals surface area (Å²) in [4.78, 5) is 39.6. The first kappa shape index (κ1) is 24.4. The van der Waals surface area contributed by atoms with Crippen molar-refractivity contribution in [2.75, 3.05) is 68.6 Å². The van der Waals surface area contributed by atoms with Gasteiger partial charge in [-0.2, -0.15) is 4.98 Å². The Morgan fingerprint density at radius 3 is 2.74 bits per heavy atom. The third-order valence-corrected chi connectivity index (χ3v) is 5.87. The van der Waals surface area contributed by atoms with Crippen molar-refractivity contribution in [3.8, 4) is 0 Å². The molecule has 1 aliphatic rings. The summed E-state index contributed by atoms with van der Waals surface area (Å²) in [6, 6.07) is 7.29. The number of benzene rings is 1. The first-order valence-corrected chi connectivity index (χ1v) is 11.6. The summed E-state index contributed by atoms with van der Waals surface area (Å²) < 4.78 is 10.4. The van der Waals surface area contributed by atoms with E-state index in [9.17, 15) is 9.59 Å². The van der Waals surface area contributed by atoms with Crippen molar-refractivity contribution in [3.05, 3.63) is 41.2 Å². The standard InChI is InChI=1S/C24H31N7O4/c1-15-16(2)27-19-5-4-17(12-18(15)19)28-23(33)20-13-21(26-14-22(32)25-6-9-34-3)30-24(29-20)31-7-10-35-11-8-31/h4-5,12-13,27H,6-11,14H2,1-3H3,(H,25,32)(H,28,33)(H,26,29,30). The fraction of sp³-hybridized carbons (Fsp3) is 0.417. The summed E-state index contributed by atoms with van der Waals surface area (Å²) in [5.74, 6) is 0.237. The zero-order chi connectivity index (χ0) is 24.8. The Kier molecular flexibility index (Phi) is 7.78. The molecule has 35 heavy (non-hydrogen) atoms. The van der Waals surface area contributed by atoms with Crippen LogP contribution in [0.1, 0.15) is 21.7 Å². The Balaban J connectivity index is 1.53. The molecule has 3 heterocycles. The topological polar surface area (TPSA) is 134 Å². The number of carbonyl (C=O) groups is 2. The van der Waals surface area contributed by atoms with E-state index in [4.69, 9.17) is 9.47 Å². The van der Waals surface area contributed by atoms with Crippen molar-refractivity contribution in [3.63, 3.8) is 0 Å². The molecule has 1 saturated heterocycles. The molecular weight excluding hydrogens is 450 g/mol. The molecule has 11 heteroatoms. The lowest BCUT2D eigenvalue weighted by Gasteiger charge is -2.27. The smallest absolute Gasteiger partial charge is 0.274 e. The monoisotopic (exact) mass is 481 g/mol. The minimum Gasteiger partial charge on any atom is -0.383 e. The summed E-state index contributed by atoms with van der Waals surface area (Å²) in [5.41, 5.74) is 4.12. The number of anilines is 3. The van der Waals surface area contributed by atoms with Gasteiger partial charge in [-0.15, -0.1) is 0 Å². The van der Waals surface area contributed by atoms with Crippen LogP contribution in [0, 0.1) is 13.8 Å². The number of H-pyrrole nitrogens is 1. The van der Waals surface area contributed by atoms with Gasteiger partial charge in [0.05, 0.1) is 26.4 Å². The normalized spacial score (nSPS) is 13.6. The fourth-order valence-corrected chi connectivity index (χ4v) is 3.81. The van der Waals surface area contributed by atoms with E-state index in [1.807, 2.05) is 36.9 Å². The minimum atomic E-state index is -0.362. The van der Waals surface area contributed by atoms with Gasteiger partial charge >= 0.3 is 0 Å². The van der Waals surface area contributed by atoms with Crippen LogP contribution in [0.4, 0.5) is 17.5 Å². The van der Waals surface area contributed by atoms with Crippen LogP contribution in [0.15, 0.2) is 24.3 Å². The van der Waals surface area contributed by atoms with Gasteiger partial charge in [-0.3, -0.25) is 9.59 Å². The van der Waals surface area contributed by atoms with Gasteiger partial charge in [0.25, 0.3) is 5.91 Å². The fourth-order valence-electron chi connectivity index (χ4n) is 3.81. The lowest BCUT2D eigenvalue weighted by Crippen LogP contribution is -2.38. The van der Waals surface area contributed by atoms with Crippen LogP contribution in [0.5, 0.6) is 0 Å². The summed E-state index contributed by atoms with van der Waals surface area (Å²) >= 11 is 0. The second-order valence-corrected chi connectivity index (χ2v) is 8.32. The largest absolute Gasteiger partial charge is 0.383 e. The second-order valence-electron chi connectivity index (χ2n) is 8.32. The zero-order valence-corrected chi connectivity index (χ0v) is 20.2. The highest BCUT2D eigenvalue weighted by atomic mass is 16.5. The van der Waals surface area contributed by atoms with Crippen molar-refractivity contribution in [2.45, 2.75) is 13.8 Å². The Hall–Kier alpha value is -3.70. The number of fused-ring (bicyclic) bond motifs is 1. The quantitative estimate of drug-likeness (QED) is 0.340. The van der Waals surface area contributed by atoms with Gasteiger partial charge < -0.3 is 35.3 Å². The number of amides is 2. The van der Waals surface area contributed by atoms with Crippen LogP contribution >= 0.6 is 0 Å². The summed E-state index contributed by atoms with van der Waals surface area (Å²) in [6.45, 7) is 7.26. The Bertz CT molecular complexity index is 1200. The van der Waals surface area contributed by atoms with Crippen molar-refractivity contribution >= 4 is 40.2 Å². The molecule has 1 aromatic carbocycles. The van der Waals surface area contributed by atoms with Crippen molar-refractivity contribution < 1.29 is 19.1 Å². The second kappa shape index (κ2) is 11.2. The van der Waals surface area contributed by atoms with E-state index >= 15 is 0 Å². The lowest BCUT2D eigenvalue weighted by atomic mass is 10.1. The predicted molar refractivity (Wildman–Crippen MR) is 134 cm³/mol. The SMILES string of the molecule is COCCNC(=O)CNc1cc(C(=O)Nc2ccc3[nH]c(C)c(C)c3c2)nc(N2CCOCC2)n1. The number of carbonyl (C=O) groups excluding carboxylic acids is 2. The molecule has 11 nitrogen and oxygen atoms in total. The Morgan fingerprint density at radius 2 is 1.97 bits per heavy atom. The number of rotatable bonds is 9. The van der Waals surface area contributed by atoms with Crippen LogP contribution in [-0.2, 0) is 14.3 Å². The molecular formula is C24H31N7O4.